The van der Waals surface area contributed by atoms with E-state index in [2.05, 4.69) is 23.9 Å². The molecule has 0 heterocycles. The first-order valence-electron chi connectivity index (χ1n) is 5.40. The molecule has 0 aromatic carbocycles. The minimum absolute atomic E-state index is 0.170. The van der Waals surface area contributed by atoms with E-state index in [9.17, 15) is 4.79 Å². The molecule has 1 fully saturated rings. The van der Waals surface area contributed by atoms with Gasteiger partial charge in [-0.3, -0.25) is 4.79 Å². The highest BCUT2D eigenvalue weighted by atomic mass is 16.5. The van der Waals surface area contributed by atoms with Gasteiger partial charge in [0, 0.05) is 6.04 Å². The third-order valence-electron chi connectivity index (χ3n) is 3.48. The number of carbonyl (C=O) groups is 1. The van der Waals surface area contributed by atoms with Crippen molar-refractivity contribution >= 4 is 5.97 Å². The predicted octanol–water partition coefficient (Wildman–Crippen LogP) is 1.57. The van der Waals surface area contributed by atoms with Gasteiger partial charge in [0.2, 0.25) is 0 Å². The van der Waals surface area contributed by atoms with Gasteiger partial charge in [0.15, 0.2) is 0 Å². The van der Waals surface area contributed by atoms with Gasteiger partial charge in [0.1, 0.15) is 6.04 Å². The largest absolute Gasteiger partial charge is 0.468 e. The smallest absolute Gasteiger partial charge is 0.322 e. The molecule has 14 heavy (non-hydrogen) atoms. The lowest BCUT2D eigenvalue weighted by Crippen LogP contribution is -2.43. The molecule has 0 aliphatic heterocycles. The van der Waals surface area contributed by atoms with Crippen molar-refractivity contribution in [2.24, 2.45) is 11.8 Å². The van der Waals surface area contributed by atoms with Gasteiger partial charge < -0.3 is 10.1 Å². The summed E-state index contributed by atoms with van der Waals surface area (Å²) in [6.45, 7) is 6.38. The van der Waals surface area contributed by atoms with Crippen molar-refractivity contribution in [2.75, 3.05) is 7.11 Å². The molecule has 3 heteroatoms. The van der Waals surface area contributed by atoms with E-state index in [1.165, 1.54) is 20.0 Å². The Hall–Kier alpha value is -0.570. The molecule has 1 aliphatic rings. The molecule has 1 aliphatic carbocycles. The lowest BCUT2D eigenvalue weighted by atomic mass is 9.97. The zero-order valence-corrected chi connectivity index (χ0v) is 9.54. The number of esters is 1. The Morgan fingerprint density at radius 3 is 2.50 bits per heavy atom. The number of methoxy groups -OCH3 is 1. The number of rotatable bonds is 3. The maximum atomic E-state index is 11.2. The van der Waals surface area contributed by atoms with Crippen LogP contribution in [0.2, 0.25) is 0 Å². The third kappa shape index (κ3) is 2.47. The van der Waals surface area contributed by atoms with Crippen LogP contribution in [-0.2, 0) is 9.53 Å². The molecule has 0 aromatic rings. The molecular weight excluding hydrogens is 178 g/mol. The minimum atomic E-state index is -0.183. The van der Waals surface area contributed by atoms with Gasteiger partial charge in [-0.25, -0.2) is 0 Å². The van der Waals surface area contributed by atoms with Crippen LogP contribution in [0, 0.1) is 11.8 Å². The number of hydrogen-bond donors (Lipinski definition) is 1. The van der Waals surface area contributed by atoms with Crippen LogP contribution < -0.4 is 5.32 Å². The van der Waals surface area contributed by atoms with Gasteiger partial charge >= 0.3 is 5.97 Å². The van der Waals surface area contributed by atoms with Crippen molar-refractivity contribution in [3.05, 3.63) is 0 Å². The van der Waals surface area contributed by atoms with Gasteiger partial charge in [0.05, 0.1) is 7.11 Å². The molecule has 1 rings (SSSR count). The van der Waals surface area contributed by atoms with Crippen LogP contribution in [0.4, 0.5) is 0 Å². The predicted molar refractivity (Wildman–Crippen MR) is 56.0 cm³/mol. The van der Waals surface area contributed by atoms with E-state index < -0.39 is 0 Å². The standard InChI is InChI=1S/C11H21NO2/c1-7-5-6-10(8(7)2)12-9(3)11(13)14-4/h7-10,12H,5-6H2,1-4H3. The number of carbonyl (C=O) groups excluding carboxylic acids is 1. The van der Waals surface area contributed by atoms with Crippen LogP contribution in [0.1, 0.15) is 33.6 Å². The average molecular weight is 199 g/mol. The van der Waals surface area contributed by atoms with Crippen molar-refractivity contribution in [1.82, 2.24) is 5.32 Å². The van der Waals surface area contributed by atoms with Crippen LogP contribution in [0.3, 0.4) is 0 Å². The number of hydrogen-bond acceptors (Lipinski definition) is 3. The summed E-state index contributed by atoms with van der Waals surface area (Å²) < 4.78 is 4.68. The summed E-state index contributed by atoms with van der Waals surface area (Å²) in [5.41, 5.74) is 0. The quantitative estimate of drug-likeness (QED) is 0.701. The second kappa shape index (κ2) is 4.78. The average Bonchev–Trinajstić information content (AvgIpc) is 2.48. The summed E-state index contributed by atoms with van der Waals surface area (Å²) in [4.78, 5) is 11.2. The van der Waals surface area contributed by atoms with E-state index in [0.717, 1.165) is 5.92 Å². The molecule has 0 spiro atoms. The van der Waals surface area contributed by atoms with E-state index in [-0.39, 0.29) is 12.0 Å². The Balaban J connectivity index is 2.41. The molecule has 82 valence electrons. The topological polar surface area (TPSA) is 38.3 Å². The molecule has 4 atom stereocenters. The Morgan fingerprint density at radius 2 is 2.07 bits per heavy atom. The summed E-state index contributed by atoms with van der Waals surface area (Å²) in [5, 5.41) is 3.34. The molecular formula is C11H21NO2. The molecule has 0 amide bonds. The van der Waals surface area contributed by atoms with Crippen LogP contribution >= 0.6 is 0 Å². The molecule has 4 unspecified atom stereocenters. The number of nitrogens with one attached hydrogen (secondary N) is 1. The van der Waals surface area contributed by atoms with Crippen molar-refractivity contribution in [1.29, 1.82) is 0 Å². The second-order valence-corrected chi connectivity index (χ2v) is 4.43. The zero-order valence-electron chi connectivity index (χ0n) is 9.54. The lowest BCUT2D eigenvalue weighted by molar-refractivity contribution is -0.142. The van der Waals surface area contributed by atoms with E-state index in [1.54, 1.807) is 0 Å². The first-order valence-corrected chi connectivity index (χ1v) is 5.40. The van der Waals surface area contributed by atoms with E-state index >= 15 is 0 Å². The van der Waals surface area contributed by atoms with Crippen LogP contribution in [0.5, 0.6) is 0 Å². The van der Waals surface area contributed by atoms with E-state index in [0.29, 0.717) is 12.0 Å². The number of ether oxygens (including phenoxy) is 1. The summed E-state index contributed by atoms with van der Waals surface area (Å²) >= 11 is 0. The summed E-state index contributed by atoms with van der Waals surface area (Å²) in [6, 6.07) is 0.289. The summed E-state index contributed by atoms with van der Waals surface area (Å²) in [7, 11) is 1.43. The van der Waals surface area contributed by atoms with Gasteiger partial charge in [-0.2, -0.15) is 0 Å². The molecule has 0 radical (unpaired) electrons. The maximum absolute atomic E-state index is 11.2. The molecule has 3 nitrogen and oxygen atoms in total. The van der Waals surface area contributed by atoms with Crippen LogP contribution in [0.15, 0.2) is 0 Å². The maximum Gasteiger partial charge on any atom is 0.322 e. The monoisotopic (exact) mass is 199 g/mol. The fourth-order valence-electron chi connectivity index (χ4n) is 2.17. The Labute approximate surface area is 86.2 Å². The van der Waals surface area contributed by atoms with Gasteiger partial charge in [-0.1, -0.05) is 13.8 Å². The Morgan fingerprint density at radius 1 is 1.43 bits per heavy atom. The summed E-state index contributed by atoms with van der Waals surface area (Å²) in [6.07, 6.45) is 2.43. The fraction of sp³-hybridized carbons (Fsp3) is 0.909. The van der Waals surface area contributed by atoms with Gasteiger partial charge in [-0.15, -0.1) is 0 Å². The first kappa shape index (κ1) is 11.5. The van der Waals surface area contributed by atoms with Crippen molar-refractivity contribution < 1.29 is 9.53 Å². The summed E-state index contributed by atoms with van der Waals surface area (Å²) in [5.74, 6) is 1.25. The Kier molecular flexibility index (Phi) is 3.93. The molecule has 0 saturated heterocycles. The molecule has 1 N–H and O–H groups in total. The third-order valence-corrected chi connectivity index (χ3v) is 3.48. The first-order chi connectivity index (χ1) is 6.56. The Bertz CT molecular complexity index is 205. The van der Waals surface area contributed by atoms with Crippen molar-refractivity contribution in [3.63, 3.8) is 0 Å². The molecule has 0 bridgehead atoms. The fourth-order valence-corrected chi connectivity index (χ4v) is 2.17. The minimum Gasteiger partial charge on any atom is -0.468 e. The normalized spacial score (nSPS) is 34.1. The zero-order chi connectivity index (χ0) is 10.7. The van der Waals surface area contributed by atoms with Crippen molar-refractivity contribution in [3.8, 4) is 0 Å². The lowest BCUT2D eigenvalue weighted by Gasteiger charge is -2.22. The second-order valence-electron chi connectivity index (χ2n) is 4.43. The SMILES string of the molecule is COC(=O)C(C)NC1CCC(C)C1C. The highest BCUT2D eigenvalue weighted by molar-refractivity contribution is 5.75. The highest BCUT2D eigenvalue weighted by Crippen LogP contribution is 2.31. The molecule has 1 saturated carbocycles. The van der Waals surface area contributed by atoms with E-state index in [1.807, 2.05) is 6.92 Å². The highest BCUT2D eigenvalue weighted by Gasteiger charge is 2.31. The molecule has 0 aromatic heterocycles. The van der Waals surface area contributed by atoms with E-state index in [4.69, 9.17) is 0 Å². The van der Waals surface area contributed by atoms with Gasteiger partial charge in [0.25, 0.3) is 0 Å². The van der Waals surface area contributed by atoms with Crippen molar-refractivity contribution in [2.45, 2.75) is 45.7 Å². The van der Waals surface area contributed by atoms with Gasteiger partial charge in [-0.05, 0) is 31.6 Å². The van der Waals surface area contributed by atoms with Crippen LogP contribution in [0.25, 0.3) is 0 Å². The van der Waals surface area contributed by atoms with Crippen LogP contribution in [-0.4, -0.2) is 25.2 Å².